The van der Waals surface area contributed by atoms with Gasteiger partial charge in [-0.05, 0) is 56.8 Å². The number of carbonyl (C=O) groups excluding carboxylic acids is 1. The van der Waals surface area contributed by atoms with Crippen LogP contribution in [-0.4, -0.2) is 42.0 Å². The van der Waals surface area contributed by atoms with E-state index in [0.717, 1.165) is 49.6 Å². The van der Waals surface area contributed by atoms with E-state index in [1.54, 1.807) is 13.0 Å². The molecule has 1 aromatic heterocycles. The predicted octanol–water partition coefficient (Wildman–Crippen LogP) is 3.80. The van der Waals surface area contributed by atoms with Crippen molar-refractivity contribution in [3.05, 3.63) is 52.7 Å². The molecule has 0 atom stereocenters. The van der Waals surface area contributed by atoms with Crippen LogP contribution in [0.5, 0.6) is 0 Å². The number of aromatic nitrogens is 2. The zero-order chi connectivity index (χ0) is 20.6. The minimum atomic E-state index is -0.292. The van der Waals surface area contributed by atoms with Crippen molar-refractivity contribution >= 4 is 29.1 Å². The molecule has 1 N–H and O–H groups in total. The number of benzene rings is 1. The Morgan fingerprint density at radius 3 is 2.97 bits per heavy atom. The highest BCUT2D eigenvalue weighted by molar-refractivity contribution is 6.30. The Bertz CT molecular complexity index is 862. The van der Waals surface area contributed by atoms with Crippen molar-refractivity contribution in [3.63, 3.8) is 0 Å². The molecule has 3 rings (SSSR count). The SMILES string of the molecule is CCOC(=O)/C=C/CNCCCCN1c2cc(Cl)ccc2CCc2cnn(C)c21. The topological polar surface area (TPSA) is 59.4 Å². The zero-order valence-electron chi connectivity index (χ0n) is 17.2. The molecule has 0 unspecified atom stereocenters. The third kappa shape index (κ3) is 5.61. The number of carbonyl (C=O) groups is 1. The Kier molecular flexibility index (Phi) is 7.72. The number of nitrogens with zero attached hydrogens (tertiary/aromatic N) is 3. The van der Waals surface area contributed by atoms with Gasteiger partial charge in [-0.1, -0.05) is 23.7 Å². The van der Waals surface area contributed by atoms with Crippen molar-refractivity contribution in [2.24, 2.45) is 7.05 Å². The lowest BCUT2D eigenvalue weighted by molar-refractivity contribution is -0.137. The summed E-state index contributed by atoms with van der Waals surface area (Å²) in [6, 6.07) is 6.18. The summed E-state index contributed by atoms with van der Waals surface area (Å²) in [4.78, 5) is 13.6. The molecule has 1 aliphatic heterocycles. The number of halogens is 1. The third-order valence-corrected chi connectivity index (χ3v) is 5.26. The van der Waals surface area contributed by atoms with E-state index in [1.807, 2.05) is 24.0 Å². The molecule has 7 heteroatoms. The molecule has 2 aromatic rings. The molecule has 2 heterocycles. The summed E-state index contributed by atoms with van der Waals surface area (Å²) in [6.07, 6.45) is 9.30. The van der Waals surface area contributed by atoms with Crippen LogP contribution in [0.4, 0.5) is 11.5 Å². The number of unbranched alkanes of at least 4 members (excludes halogenated alkanes) is 1. The molecule has 156 valence electrons. The van der Waals surface area contributed by atoms with Gasteiger partial charge in [0.1, 0.15) is 5.82 Å². The molecule has 0 fully saturated rings. The molecule has 0 radical (unpaired) electrons. The molecule has 0 spiro atoms. The summed E-state index contributed by atoms with van der Waals surface area (Å²) >= 11 is 6.31. The standard InChI is InChI=1S/C22H29ClN4O2/c1-3-29-21(28)7-6-13-24-12-4-5-14-27-20-15-19(23)11-10-17(20)8-9-18-16-25-26(2)22(18)27/h6-7,10-11,15-16,24H,3-5,8-9,12-14H2,1-2H3/b7-6+. The lowest BCUT2D eigenvalue weighted by Crippen LogP contribution is -2.23. The van der Waals surface area contributed by atoms with Crippen molar-refractivity contribution in [3.8, 4) is 0 Å². The van der Waals surface area contributed by atoms with E-state index in [9.17, 15) is 4.79 Å². The van der Waals surface area contributed by atoms with Gasteiger partial charge < -0.3 is 15.0 Å². The highest BCUT2D eigenvalue weighted by Gasteiger charge is 2.23. The van der Waals surface area contributed by atoms with E-state index in [2.05, 4.69) is 27.4 Å². The van der Waals surface area contributed by atoms with Gasteiger partial charge >= 0.3 is 5.97 Å². The summed E-state index contributed by atoms with van der Waals surface area (Å²) in [7, 11) is 2.00. The molecular formula is C22H29ClN4O2. The van der Waals surface area contributed by atoms with Gasteiger partial charge in [-0.15, -0.1) is 0 Å². The van der Waals surface area contributed by atoms with E-state index in [1.165, 1.54) is 22.9 Å². The monoisotopic (exact) mass is 416 g/mol. The van der Waals surface area contributed by atoms with Crippen LogP contribution in [-0.2, 0) is 29.4 Å². The van der Waals surface area contributed by atoms with Gasteiger partial charge in [-0.2, -0.15) is 5.10 Å². The number of esters is 1. The van der Waals surface area contributed by atoms with Crippen molar-refractivity contribution in [2.75, 3.05) is 31.1 Å². The molecule has 0 bridgehead atoms. The summed E-state index contributed by atoms with van der Waals surface area (Å²) in [5.74, 6) is 0.871. The Morgan fingerprint density at radius 2 is 2.14 bits per heavy atom. The number of hydrogen-bond acceptors (Lipinski definition) is 5. The molecule has 6 nitrogen and oxygen atoms in total. The number of rotatable bonds is 9. The molecule has 0 aliphatic carbocycles. The highest BCUT2D eigenvalue weighted by atomic mass is 35.5. The fraction of sp³-hybridized carbons (Fsp3) is 0.455. The third-order valence-electron chi connectivity index (χ3n) is 5.03. The molecule has 1 aromatic carbocycles. The number of hydrogen-bond donors (Lipinski definition) is 1. The first kappa shape index (κ1) is 21.4. The van der Waals surface area contributed by atoms with Gasteiger partial charge in [0, 0.05) is 42.5 Å². The van der Waals surface area contributed by atoms with Crippen molar-refractivity contribution in [1.82, 2.24) is 15.1 Å². The highest BCUT2D eigenvalue weighted by Crippen LogP contribution is 2.37. The van der Waals surface area contributed by atoms with Gasteiger partial charge in [0.25, 0.3) is 0 Å². The van der Waals surface area contributed by atoms with Crippen LogP contribution >= 0.6 is 11.6 Å². The Hall–Kier alpha value is -2.31. The van der Waals surface area contributed by atoms with Crippen molar-refractivity contribution in [1.29, 1.82) is 0 Å². The Labute approximate surface area is 177 Å². The average molecular weight is 417 g/mol. The van der Waals surface area contributed by atoms with Crippen molar-refractivity contribution < 1.29 is 9.53 Å². The summed E-state index contributed by atoms with van der Waals surface area (Å²) in [5.41, 5.74) is 3.79. The molecule has 29 heavy (non-hydrogen) atoms. The van der Waals surface area contributed by atoms with Gasteiger partial charge in [-0.25, -0.2) is 4.79 Å². The van der Waals surface area contributed by atoms with E-state index >= 15 is 0 Å². The number of fused-ring (bicyclic) bond motifs is 2. The van der Waals surface area contributed by atoms with E-state index in [4.69, 9.17) is 16.3 Å². The minimum Gasteiger partial charge on any atom is -0.463 e. The Morgan fingerprint density at radius 1 is 1.31 bits per heavy atom. The number of anilines is 2. The van der Waals surface area contributed by atoms with Gasteiger partial charge in [0.15, 0.2) is 0 Å². The molecule has 0 saturated heterocycles. The van der Waals surface area contributed by atoms with Gasteiger partial charge in [0.05, 0.1) is 12.8 Å². The minimum absolute atomic E-state index is 0.292. The number of ether oxygens (including phenoxy) is 1. The molecule has 0 amide bonds. The van der Waals surface area contributed by atoms with E-state index in [0.29, 0.717) is 13.2 Å². The second kappa shape index (κ2) is 10.5. The smallest absolute Gasteiger partial charge is 0.330 e. The molecule has 0 saturated carbocycles. The van der Waals surface area contributed by atoms with Crippen LogP contribution in [0.15, 0.2) is 36.5 Å². The first-order valence-corrected chi connectivity index (χ1v) is 10.6. The normalized spacial score (nSPS) is 13.3. The average Bonchev–Trinajstić information content (AvgIpc) is 2.98. The summed E-state index contributed by atoms with van der Waals surface area (Å²) in [5, 5.41) is 8.57. The number of nitrogens with one attached hydrogen (secondary N) is 1. The van der Waals surface area contributed by atoms with E-state index < -0.39 is 0 Å². The summed E-state index contributed by atoms with van der Waals surface area (Å²) < 4.78 is 6.82. The maximum atomic E-state index is 11.3. The predicted molar refractivity (Wildman–Crippen MR) is 117 cm³/mol. The fourth-order valence-electron chi connectivity index (χ4n) is 3.66. The number of aryl methyl sites for hydroxylation is 3. The molecule has 1 aliphatic rings. The zero-order valence-corrected chi connectivity index (χ0v) is 17.9. The van der Waals surface area contributed by atoms with Crippen molar-refractivity contribution in [2.45, 2.75) is 32.6 Å². The maximum Gasteiger partial charge on any atom is 0.330 e. The lowest BCUT2D eigenvalue weighted by atomic mass is 10.1. The van der Waals surface area contributed by atoms with Crippen LogP contribution in [0.1, 0.15) is 30.9 Å². The van der Waals surface area contributed by atoms with Crippen LogP contribution < -0.4 is 10.2 Å². The van der Waals surface area contributed by atoms with Gasteiger partial charge in [0.2, 0.25) is 0 Å². The lowest BCUT2D eigenvalue weighted by Gasteiger charge is -2.26. The van der Waals surface area contributed by atoms with Gasteiger partial charge in [-0.3, -0.25) is 4.68 Å². The second-order valence-electron chi connectivity index (χ2n) is 7.11. The quantitative estimate of drug-likeness (QED) is 0.383. The Balaban J connectivity index is 1.56. The van der Waals surface area contributed by atoms with Crippen LogP contribution in [0.2, 0.25) is 5.02 Å². The van der Waals surface area contributed by atoms with Crippen LogP contribution in [0.3, 0.4) is 0 Å². The first-order valence-electron chi connectivity index (χ1n) is 10.2. The first-order chi connectivity index (χ1) is 14.1. The van der Waals surface area contributed by atoms with E-state index in [-0.39, 0.29) is 5.97 Å². The molecular weight excluding hydrogens is 388 g/mol. The van der Waals surface area contributed by atoms with Crippen LogP contribution in [0, 0.1) is 0 Å². The fourth-order valence-corrected chi connectivity index (χ4v) is 3.83. The maximum absolute atomic E-state index is 11.3. The summed E-state index contributed by atoms with van der Waals surface area (Å²) in [6.45, 7) is 4.66. The largest absolute Gasteiger partial charge is 0.463 e. The van der Waals surface area contributed by atoms with Crippen LogP contribution in [0.25, 0.3) is 0 Å². The second-order valence-corrected chi connectivity index (χ2v) is 7.54.